The molecule has 2 N–H and O–H groups in total. The van der Waals surface area contributed by atoms with Crippen molar-refractivity contribution in [3.63, 3.8) is 0 Å². The molecule has 5 heteroatoms. The minimum Gasteiger partial charge on any atom is -0.342 e. The number of aromatic amines is 1. The molecule has 2 aromatic heterocycles. The van der Waals surface area contributed by atoms with Crippen molar-refractivity contribution >= 4 is 0 Å². The van der Waals surface area contributed by atoms with E-state index in [9.17, 15) is 0 Å². The third-order valence-electron chi connectivity index (χ3n) is 2.66. The summed E-state index contributed by atoms with van der Waals surface area (Å²) >= 11 is 0. The highest BCUT2D eigenvalue weighted by atomic mass is 15.2. The van der Waals surface area contributed by atoms with Gasteiger partial charge in [0.15, 0.2) is 0 Å². The maximum atomic E-state index is 4.39. The van der Waals surface area contributed by atoms with Crippen molar-refractivity contribution < 1.29 is 0 Å². The van der Waals surface area contributed by atoms with Gasteiger partial charge in [-0.1, -0.05) is 0 Å². The van der Waals surface area contributed by atoms with Crippen LogP contribution in [0, 0.1) is 0 Å². The fourth-order valence-electron chi connectivity index (χ4n) is 1.75. The monoisotopic (exact) mass is 247 g/mol. The summed E-state index contributed by atoms with van der Waals surface area (Å²) in [5.74, 6) is 1.01. The van der Waals surface area contributed by atoms with E-state index in [0.29, 0.717) is 0 Å². The van der Waals surface area contributed by atoms with Gasteiger partial charge in [0.1, 0.15) is 5.82 Å². The first kappa shape index (κ1) is 12.8. The molecule has 0 saturated heterocycles. The van der Waals surface area contributed by atoms with Gasteiger partial charge in [-0.05, 0) is 20.8 Å². The second-order valence-electron chi connectivity index (χ2n) is 5.57. The van der Waals surface area contributed by atoms with Gasteiger partial charge in [-0.25, -0.2) is 4.98 Å². The maximum absolute atomic E-state index is 4.39. The Labute approximate surface area is 108 Å². The lowest BCUT2D eigenvalue weighted by atomic mass is 10.1. The lowest BCUT2D eigenvalue weighted by Gasteiger charge is -2.19. The Kier molecular flexibility index (Phi) is 3.52. The van der Waals surface area contributed by atoms with Crippen LogP contribution in [0.3, 0.4) is 0 Å². The first-order valence-corrected chi connectivity index (χ1v) is 6.22. The molecule has 98 valence electrons. The average Bonchev–Trinajstić information content (AvgIpc) is 2.85. The average molecular weight is 247 g/mol. The van der Waals surface area contributed by atoms with Crippen LogP contribution in [0.2, 0.25) is 0 Å². The number of hydrogen-bond donors (Lipinski definition) is 2. The quantitative estimate of drug-likeness (QED) is 0.865. The predicted octanol–water partition coefficient (Wildman–Crippen LogP) is 1.74. The molecule has 0 aliphatic rings. The van der Waals surface area contributed by atoms with E-state index in [1.165, 1.54) is 0 Å². The molecule has 0 amide bonds. The lowest BCUT2D eigenvalue weighted by molar-refractivity contribution is 0.427. The van der Waals surface area contributed by atoms with Crippen LogP contribution < -0.4 is 5.32 Å². The third-order valence-corrected chi connectivity index (χ3v) is 2.66. The largest absolute Gasteiger partial charge is 0.342 e. The summed E-state index contributed by atoms with van der Waals surface area (Å²) in [5, 5.41) is 7.60. The number of hydrogen-bond acceptors (Lipinski definition) is 3. The van der Waals surface area contributed by atoms with Gasteiger partial charge in [0.05, 0.1) is 18.1 Å². The molecular formula is C13H21N5. The van der Waals surface area contributed by atoms with Crippen molar-refractivity contribution in [3.8, 4) is 11.3 Å². The number of rotatable bonds is 4. The van der Waals surface area contributed by atoms with Gasteiger partial charge in [-0.2, -0.15) is 5.10 Å². The van der Waals surface area contributed by atoms with Crippen molar-refractivity contribution in [1.82, 2.24) is 25.1 Å². The number of nitrogens with zero attached hydrogens (tertiary/aromatic N) is 3. The van der Waals surface area contributed by atoms with Crippen LogP contribution in [0.25, 0.3) is 11.3 Å². The zero-order valence-corrected chi connectivity index (χ0v) is 11.5. The molecule has 0 aliphatic heterocycles. The Morgan fingerprint density at radius 3 is 2.72 bits per heavy atom. The first-order valence-electron chi connectivity index (χ1n) is 6.22. The van der Waals surface area contributed by atoms with Crippen molar-refractivity contribution in [2.45, 2.75) is 32.7 Å². The van der Waals surface area contributed by atoms with E-state index >= 15 is 0 Å². The molecule has 0 unspecified atom stereocenters. The van der Waals surface area contributed by atoms with Gasteiger partial charge < -0.3 is 10.3 Å². The van der Waals surface area contributed by atoms with Crippen LogP contribution in [0.15, 0.2) is 18.6 Å². The molecule has 2 aromatic rings. The second-order valence-corrected chi connectivity index (χ2v) is 5.57. The minimum absolute atomic E-state index is 0.152. The Hall–Kier alpha value is -1.62. The zero-order valence-electron chi connectivity index (χ0n) is 11.5. The molecule has 2 rings (SSSR count). The smallest absolute Gasteiger partial charge is 0.107 e. The number of imidazole rings is 1. The Morgan fingerprint density at radius 2 is 2.11 bits per heavy atom. The van der Waals surface area contributed by atoms with Crippen LogP contribution >= 0.6 is 0 Å². The molecule has 0 spiro atoms. The van der Waals surface area contributed by atoms with Crippen molar-refractivity contribution in [2.75, 3.05) is 6.54 Å². The first-order chi connectivity index (χ1) is 8.44. The predicted molar refractivity (Wildman–Crippen MR) is 72.2 cm³/mol. The highest BCUT2D eigenvalue weighted by molar-refractivity contribution is 5.55. The Bertz CT molecular complexity index is 503. The van der Waals surface area contributed by atoms with E-state index < -0.39 is 0 Å². The van der Waals surface area contributed by atoms with Crippen LogP contribution in [-0.4, -0.2) is 31.8 Å². The van der Waals surface area contributed by atoms with Gasteiger partial charge >= 0.3 is 0 Å². The molecule has 5 nitrogen and oxygen atoms in total. The molecule has 0 fully saturated rings. The lowest BCUT2D eigenvalue weighted by Crippen LogP contribution is -2.37. The van der Waals surface area contributed by atoms with Gasteiger partial charge in [-0.3, -0.25) is 4.68 Å². The number of nitrogens with one attached hydrogen (secondary N) is 2. The summed E-state index contributed by atoms with van der Waals surface area (Å²) in [4.78, 5) is 7.71. The van der Waals surface area contributed by atoms with Gasteiger partial charge in [0, 0.05) is 37.3 Å². The summed E-state index contributed by atoms with van der Waals surface area (Å²) in [6.45, 7) is 7.41. The Morgan fingerprint density at radius 1 is 1.33 bits per heavy atom. The zero-order chi connectivity index (χ0) is 13.2. The molecule has 0 aromatic carbocycles. The van der Waals surface area contributed by atoms with Crippen molar-refractivity contribution in [3.05, 3.63) is 24.4 Å². The van der Waals surface area contributed by atoms with Crippen LogP contribution in [0.4, 0.5) is 0 Å². The molecule has 0 saturated carbocycles. The van der Waals surface area contributed by atoms with E-state index in [2.05, 4.69) is 41.2 Å². The minimum atomic E-state index is 0.152. The number of H-pyrrole nitrogens is 1. The standard InChI is InChI=1S/C13H21N5/c1-13(2,3)15-6-5-12-14-8-11(17-12)10-7-16-18(4)9-10/h7-9,15H,5-6H2,1-4H3,(H,14,17). The van der Waals surface area contributed by atoms with E-state index in [1.54, 1.807) is 4.68 Å². The summed E-state index contributed by atoms with van der Waals surface area (Å²) < 4.78 is 1.79. The summed E-state index contributed by atoms with van der Waals surface area (Å²) in [6, 6.07) is 0. The van der Waals surface area contributed by atoms with E-state index in [-0.39, 0.29) is 5.54 Å². The fraction of sp³-hybridized carbons (Fsp3) is 0.538. The summed E-state index contributed by atoms with van der Waals surface area (Å²) in [7, 11) is 1.91. The Balaban J connectivity index is 1.94. The molecule has 2 heterocycles. The highest BCUT2D eigenvalue weighted by Crippen LogP contribution is 2.15. The number of aryl methyl sites for hydroxylation is 1. The highest BCUT2D eigenvalue weighted by Gasteiger charge is 2.09. The second kappa shape index (κ2) is 4.94. The fourth-order valence-corrected chi connectivity index (χ4v) is 1.75. The normalized spacial score (nSPS) is 12.0. The summed E-state index contributed by atoms with van der Waals surface area (Å²) in [6.07, 6.45) is 6.58. The molecule has 0 atom stereocenters. The van der Waals surface area contributed by atoms with Crippen molar-refractivity contribution in [2.24, 2.45) is 7.05 Å². The van der Waals surface area contributed by atoms with E-state index in [0.717, 1.165) is 30.0 Å². The number of aromatic nitrogens is 4. The molecule has 18 heavy (non-hydrogen) atoms. The van der Waals surface area contributed by atoms with E-state index in [4.69, 9.17) is 0 Å². The van der Waals surface area contributed by atoms with E-state index in [1.807, 2.05) is 25.6 Å². The molecule has 0 radical (unpaired) electrons. The van der Waals surface area contributed by atoms with Gasteiger partial charge in [0.2, 0.25) is 0 Å². The molecular weight excluding hydrogens is 226 g/mol. The van der Waals surface area contributed by atoms with Crippen LogP contribution in [-0.2, 0) is 13.5 Å². The maximum Gasteiger partial charge on any atom is 0.107 e. The van der Waals surface area contributed by atoms with Crippen LogP contribution in [0.1, 0.15) is 26.6 Å². The van der Waals surface area contributed by atoms with Gasteiger partial charge in [0.25, 0.3) is 0 Å². The molecule has 0 bridgehead atoms. The van der Waals surface area contributed by atoms with Crippen molar-refractivity contribution in [1.29, 1.82) is 0 Å². The SMILES string of the molecule is Cn1cc(-c2cnc(CCNC(C)(C)C)[nH]2)cn1. The van der Waals surface area contributed by atoms with Gasteiger partial charge in [-0.15, -0.1) is 0 Å². The third kappa shape index (κ3) is 3.43. The summed E-state index contributed by atoms with van der Waals surface area (Å²) in [5.41, 5.74) is 2.24. The topological polar surface area (TPSA) is 58.5 Å². The molecule has 0 aliphatic carbocycles. The van der Waals surface area contributed by atoms with Crippen LogP contribution in [0.5, 0.6) is 0 Å².